The summed E-state index contributed by atoms with van der Waals surface area (Å²) >= 11 is 0. The van der Waals surface area contributed by atoms with Gasteiger partial charge in [-0.2, -0.15) is 0 Å². The Kier molecular flexibility index (Phi) is 5.44. The Bertz CT molecular complexity index is 605. The van der Waals surface area contributed by atoms with E-state index >= 15 is 0 Å². The van der Waals surface area contributed by atoms with Crippen molar-refractivity contribution < 1.29 is 13.9 Å². The van der Waals surface area contributed by atoms with Gasteiger partial charge in [0.2, 0.25) is 5.91 Å². The number of likely N-dealkylation sites (tertiary alicyclic amines) is 1. The third-order valence-electron chi connectivity index (χ3n) is 5.78. The zero-order chi connectivity index (χ0) is 17.9. The number of amides is 1. The summed E-state index contributed by atoms with van der Waals surface area (Å²) in [4.78, 5) is 15.4. The molecule has 0 aliphatic carbocycles. The van der Waals surface area contributed by atoms with Crippen LogP contribution in [0.1, 0.15) is 38.2 Å². The maximum absolute atomic E-state index is 13.6. The number of nitrogens with zero attached hydrogens (tertiary/aromatic N) is 1. The van der Waals surface area contributed by atoms with E-state index < -0.39 is 5.41 Å². The Balaban J connectivity index is 1.72. The van der Waals surface area contributed by atoms with Gasteiger partial charge < -0.3 is 15.0 Å². The second-order valence-corrected chi connectivity index (χ2v) is 7.97. The molecule has 1 atom stereocenters. The van der Waals surface area contributed by atoms with Gasteiger partial charge in [-0.3, -0.25) is 4.79 Å². The number of nitrogens with one attached hydrogen (secondary N) is 1. The summed E-state index contributed by atoms with van der Waals surface area (Å²) in [6, 6.07) is 6.63. The summed E-state index contributed by atoms with van der Waals surface area (Å²) < 4.78 is 19.4. The van der Waals surface area contributed by atoms with Crippen molar-refractivity contribution >= 4 is 5.91 Å². The summed E-state index contributed by atoms with van der Waals surface area (Å²) in [5.74, 6) is -0.158. The van der Waals surface area contributed by atoms with Crippen LogP contribution in [0.2, 0.25) is 0 Å². The van der Waals surface area contributed by atoms with Crippen LogP contribution in [-0.2, 0) is 16.0 Å². The Hall–Kier alpha value is -1.46. The predicted octanol–water partition coefficient (Wildman–Crippen LogP) is 2.77. The first-order valence-electron chi connectivity index (χ1n) is 9.26. The van der Waals surface area contributed by atoms with Crippen LogP contribution in [0.3, 0.4) is 0 Å². The molecule has 1 aromatic rings. The molecule has 1 N–H and O–H groups in total. The van der Waals surface area contributed by atoms with Gasteiger partial charge in [0.15, 0.2) is 0 Å². The first kappa shape index (κ1) is 18.3. The van der Waals surface area contributed by atoms with Crippen molar-refractivity contribution in [3.63, 3.8) is 0 Å². The highest BCUT2D eigenvalue weighted by Gasteiger charge is 2.42. The predicted molar refractivity (Wildman–Crippen MR) is 95.9 cm³/mol. The number of piperidine rings is 1. The number of carbonyl (C=O) groups excluding carboxylic acids is 1. The van der Waals surface area contributed by atoms with Gasteiger partial charge in [0, 0.05) is 13.2 Å². The molecule has 0 saturated carbocycles. The highest BCUT2D eigenvalue weighted by atomic mass is 19.1. The Morgan fingerprint density at radius 2 is 2.08 bits per heavy atom. The van der Waals surface area contributed by atoms with Crippen molar-refractivity contribution in [2.75, 3.05) is 33.3 Å². The van der Waals surface area contributed by atoms with Crippen LogP contribution in [0.4, 0.5) is 4.39 Å². The number of carbonyl (C=O) groups is 1. The topological polar surface area (TPSA) is 41.6 Å². The number of hydrogen-bond acceptors (Lipinski definition) is 3. The van der Waals surface area contributed by atoms with Crippen LogP contribution >= 0.6 is 0 Å². The SMILES string of the molecule is CN1CCC(Cc2cccc(F)c2)(C(=O)NC[C@@]2(C)CCCO2)CC1. The lowest BCUT2D eigenvalue weighted by atomic mass is 9.73. The molecule has 138 valence electrons. The van der Waals surface area contributed by atoms with Gasteiger partial charge in [-0.25, -0.2) is 4.39 Å². The molecule has 2 aliphatic rings. The van der Waals surface area contributed by atoms with E-state index in [0.29, 0.717) is 13.0 Å². The van der Waals surface area contributed by atoms with Crippen molar-refractivity contribution in [1.82, 2.24) is 10.2 Å². The zero-order valence-corrected chi connectivity index (χ0v) is 15.3. The highest BCUT2D eigenvalue weighted by Crippen LogP contribution is 2.36. The van der Waals surface area contributed by atoms with Crippen molar-refractivity contribution in [2.24, 2.45) is 5.41 Å². The molecule has 5 heteroatoms. The number of rotatable bonds is 5. The first-order valence-corrected chi connectivity index (χ1v) is 9.26. The van der Waals surface area contributed by atoms with Gasteiger partial charge in [0.05, 0.1) is 11.0 Å². The summed E-state index contributed by atoms with van der Waals surface area (Å²) in [5.41, 5.74) is 0.180. The largest absolute Gasteiger partial charge is 0.373 e. The first-order chi connectivity index (χ1) is 11.9. The van der Waals surface area contributed by atoms with E-state index in [2.05, 4.69) is 24.2 Å². The Morgan fingerprint density at radius 1 is 1.32 bits per heavy atom. The molecule has 1 amide bonds. The van der Waals surface area contributed by atoms with Crippen molar-refractivity contribution in [2.45, 2.75) is 44.6 Å². The van der Waals surface area contributed by atoms with Crippen molar-refractivity contribution in [3.8, 4) is 0 Å². The molecule has 0 aromatic heterocycles. The minimum absolute atomic E-state index is 0.0848. The number of benzene rings is 1. The molecule has 0 unspecified atom stereocenters. The Morgan fingerprint density at radius 3 is 2.72 bits per heavy atom. The molecule has 2 aliphatic heterocycles. The second kappa shape index (κ2) is 7.42. The molecule has 2 fully saturated rings. The van der Waals surface area contributed by atoms with Crippen LogP contribution in [-0.4, -0.2) is 49.7 Å². The minimum atomic E-state index is -0.463. The van der Waals surface area contributed by atoms with Crippen LogP contribution < -0.4 is 5.32 Å². The monoisotopic (exact) mass is 348 g/mol. The zero-order valence-electron chi connectivity index (χ0n) is 15.3. The van der Waals surface area contributed by atoms with E-state index in [1.807, 2.05) is 6.07 Å². The maximum Gasteiger partial charge on any atom is 0.226 e. The van der Waals surface area contributed by atoms with E-state index in [0.717, 1.165) is 50.9 Å². The molecule has 1 aromatic carbocycles. The summed E-state index contributed by atoms with van der Waals surface area (Å²) in [6.45, 7) is 5.15. The molecule has 0 radical (unpaired) electrons. The highest BCUT2D eigenvalue weighted by molar-refractivity contribution is 5.83. The van der Waals surface area contributed by atoms with Gasteiger partial charge >= 0.3 is 0 Å². The fraction of sp³-hybridized carbons (Fsp3) is 0.650. The molecule has 3 rings (SSSR count). The second-order valence-electron chi connectivity index (χ2n) is 7.97. The molecule has 2 saturated heterocycles. The molecule has 0 bridgehead atoms. The Labute approximate surface area is 149 Å². The average Bonchev–Trinajstić information content (AvgIpc) is 3.02. The summed E-state index contributed by atoms with van der Waals surface area (Å²) in [6.07, 6.45) is 4.20. The molecular formula is C20H29FN2O2. The lowest BCUT2D eigenvalue weighted by Gasteiger charge is -2.40. The number of ether oxygens (including phenoxy) is 1. The van der Waals surface area contributed by atoms with Gasteiger partial charge in [0.25, 0.3) is 0 Å². The summed E-state index contributed by atoms with van der Waals surface area (Å²) in [7, 11) is 2.08. The number of halogens is 1. The molecule has 2 heterocycles. The van der Waals surface area contributed by atoms with E-state index in [-0.39, 0.29) is 17.3 Å². The third kappa shape index (κ3) is 4.39. The molecule has 0 spiro atoms. The van der Waals surface area contributed by atoms with Crippen LogP contribution in [0.15, 0.2) is 24.3 Å². The number of hydrogen-bond donors (Lipinski definition) is 1. The van der Waals surface area contributed by atoms with E-state index in [4.69, 9.17) is 4.74 Å². The van der Waals surface area contributed by atoms with Crippen molar-refractivity contribution in [1.29, 1.82) is 0 Å². The summed E-state index contributed by atoms with van der Waals surface area (Å²) in [5, 5.41) is 3.15. The third-order valence-corrected chi connectivity index (χ3v) is 5.78. The fourth-order valence-electron chi connectivity index (χ4n) is 4.00. The van der Waals surface area contributed by atoms with Gasteiger partial charge in [-0.05, 0) is 76.9 Å². The van der Waals surface area contributed by atoms with Gasteiger partial charge in [0.1, 0.15) is 5.82 Å². The maximum atomic E-state index is 13.6. The average molecular weight is 348 g/mol. The van der Waals surface area contributed by atoms with Crippen molar-refractivity contribution in [3.05, 3.63) is 35.6 Å². The standard InChI is InChI=1S/C20H29FN2O2/c1-19(7-4-12-25-19)15-22-18(24)20(8-10-23(2)11-9-20)14-16-5-3-6-17(21)13-16/h3,5-6,13H,4,7-12,14-15H2,1-2H3,(H,22,24)/t19-/m1/s1. The fourth-order valence-corrected chi connectivity index (χ4v) is 4.00. The van der Waals surface area contributed by atoms with Crippen LogP contribution in [0, 0.1) is 11.2 Å². The molecule has 25 heavy (non-hydrogen) atoms. The van der Waals surface area contributed by atoms with E-state index in [9.17, 15) is 9.18 Å². The normalized spacial score (nSPS) is 26.5. The molecule has 4 nitrogen and oxygen atoms in total. The minimum Gasteiger partial charge on any atom is -0.373 e. The smallest absolute Gasteiger partial charge is 0.226 e. The van der Waals surface area contributed by atoms with Crippen LogP contribution in [0.25, 0.3) is 0 Å². The van der Waals surface area contributed by atoms with Gasteiger partial charge in [-0.15, -0.1) is 0 Å². The van der Waals surface area contributed by atoms with Crippen LogP contribution in [0.5, 0.6) is 0 Å². The lowest BCUT2D eigenvalue weighted by Crippen LogP contribution is -2.52. The quantitative estimate of drug-likeness (QED) is 0.890. The lowest BCUT2D eigenvalue weighted by molar-refractivity contribution is -0.135. The molecular weight excluding hydrogens is 319 g/mol. The van der Waals surface area contributed by atoms with E-state index in [1.54, 1.807) is 12.1 Å². The van der Waals surface area contributed by atoms with E-state index in [1.165, 1.54) is 6.07 Å². The van der Waals surface area contributed by atoms with Gasteiger partial charge in [-0.1, -0.05) is 12.1 Å².